The standard InChI is InChI=1S/C25H30N2O2/c1-3-4-15-29-24-14-13-19(21-10-6-7-11-22(21)24)16-20(17-26)25(28)27-23-12-8-5-9-18(23)2/h6-7,10-11,13-14,16,18,23H,3-5,8-9,12,15H2,1-2H3,(H,27,28)/b20-16+/t18-,23-/m1/s1. The zero-order valence-electron chi connectivity index (χ0n) is 17.4. The molecule has 0 heterocycles. The third kappa shape index (κ3) is 5.17. The van der Waals surface area contributed by atoms with Gasteiger partial charge in [-0.15, -0.1) is 0 Å². The van der Waals surface area contributed by atoms with E-state index in [0.717, 1.165) is 54.2 Å². The maximum atomic E-state index is 12.7. The fourth-order valence-electron chi connectivity index (χ4n) is 3.95. The van der Waals surface area contributed by atoms with Crippen LogP contribution < -0.4 is 10.1 Å². The Morgan fingerprint density at radius 3 is 2.69 bits per heavy atom. The number of hydrogen-bond donors (Lipinski definition) is 1. The van der Waals surface area contributed by atoms with E-state index in [-0.39, 0.29) is 17.5 Å². The first-order valence-corrected chi connectivity index (χ1v) is 10.7. The Kier molecular flexibility index (Phi) is 7.30. The molecule has 1 N–H and O–H groups in total. The summed E-state index contributed by atoms with van der Waals surface area (Å²) >= 11 is 0. The Morgan fingerprint density at radius 1 is 1.21 bits per heavy atom. The zero-order chi connectivity index (χ0) is 20.6. The van der Waals surface area contributed by atoms with Crippen LogP contribution in [-0.4, -0.2) is 18.6 Å². The summed E-state index contributed by atoms with van der Waals surface area (Å²) in [6.45, 7) is 4.99. The Labute approximate surface area is 173 Å². The molecule has 1 saturated carbocycles. The second-order valence-corrected chi connectivity index (χ2v) is 7.91. The SMILES string of the molecule is CCCCOc1ccc(/C=C(\C#N)C(=O)N[C@@H]2CCCC[C@H]2C)c2ccccc12. The van der Waals surface area contributed by atoms with Crippen LogP contribution in [0.2, 0.25) is 0 Å². The second-order valence-electron chi connectivity index (χ2n) is 7.91. The average Bonchev–Trinajstić information content (AvgIpc) is 2.74. The Morgan fingerprint density at radius 2 is 1.97 bits per heavy atom. The second kappa shape index (κ2) is 10.1. The number of ether oxygens (including phenoxy) is 1. The molecule has 1 aliphatic carbocycles. The van der Waals surface area contributed by atoms with E-state index >= 15 is 0 Å². The highest BCUT2D eigenvalue weighted by atomic mass is 16.5. The van der Waals surface area contributed by atoms with Crippen LogP contribution in [0.15, 0.2) is 42.0 Å². The number of rotatable bonds is 7. The van der Waals surface area contributed by atoms with Gasteiger partial charge in [0.05, 0.1) is 6.61 Å². The fourth-order valence-corrected chi connectivity index (χ4v) is 3.95. The number of benzene rings is 2. The number of nitrogens with one attached hydrogen (secondary N) is 1. The van der Waals surface area contributed by atoms with E-state index in [1.165, 1.54) is 6.42 Å². The van der Waals surface area contributed by atoms with Crippen LogP contribution in [0.1, 0.15) is 57.9 Å². The van der Waals surface area contributed by atoms with Crippen LogP contribution in [0.4, 0.5) is 0 Å². The van der Waals surface area contributed by atoms with Crippen molar-refractivity contribution < 1.29 is 9.53 Å². The Bertz CT molecular complexity index is 926. The molecule has 1 fully saturated rings. The van der Waals surface area contributed by atoms with Crippen molar-refractivity contribution in [3.63, 3.8) is 0 Å². The number of carbonyl (C=O) groups is 1. The molecule has 0 radical (unpaired) electrons. The van der Waals surface area contributed by atoms with Crippen molar-refractivity contribution in [1.29, 1.82) is 5.26 Å². The van der Waals surface area contributed by atoms with Gasteiger partial charge in [-0.25, -0.2) is 0 Å². The lowest BCUT2D eigenvalue weighted by molar-refractivity contribution is -0.118. The topological polar surface area (TPSA) is 62.1 Å². The first kappa shape index (κ1) is 20.9. The van der Waals surface area contributed by atoms with Gasteiger partial charge in [-0.2, -0.15) is 5.26 Å². The highest BCUT2D eigenvalue weighted by molar-refractivity contribution is 6.04. The summed E-state index contributed by atoms with van der Waals surface area (Å²) in [7, 11) is 0. The van der Waals surface area contributed by atoms with Gasteiger partial charge < -0.3 is 10.1 Å². The predicted molar refractivity (Wildman–Crippen MR) is 118 cm³/mol. The van der Waals surface area contributed by atoms with Gasteiger partial charge in [0.15, 0.2) is 0 Å². The molecule has 29 heavy (non-hydrogen) atoms. The van der Waals surface area contributed by atoms with Crippen LogP contribution >= 0.6 is 0 Å². The summed E-state index contributed by atoms with van der Waals surface area (Å²) in [5.74, 6) is 1.01. The minimum atomic E-state index is -0.279. The summed E-state index contributed by atoms with van der Waals surface area (Å²) in [6, 6.07) is 14.1. The van der Waals surface area contributed by atoms with Gasteiger partial charge in [0.1, 0.15) is 17.4 Å². The number of amides is 1. The van der Waals surface area contributed by atoms with Crippen molar-refractivity contribution in [2.75, 3.05) is 6.61 Å². The van der Waals surface area contributed by atoms with Crippen molar-refractivity contribution in [2.45, 2.75) is 58.4 Å². The van der Waals surface area contributed by atoms with Crippen LogP contribution in [0.5, 0.6) is 5.75 Å². The van der Waals surface area contributed by atoms with Crippen LogP contribution in [0.25, 0.3) is 16.8 Å². The van der Waals surface area contributed by atoms with E-state index in [4.69, 9.17) is 4.74 Å². The molecule has 2 atom stereocenters. The molecular weight excluding hydrogens is 360 g/mol. The molecule has 4 heteroatoms. The smallest absolute Gasteiger partial charge is 0.262 e. The maximum Gasteiger partial charge on any atom is 0.262 e. The molecule has 0 spiro atoms. The van der Waals surface area contributed by atoms with E-state index in [9.17, 15) is 10.1 Å². The highest BCUT2D eigenvalue weighted by Crippen LogP contribution is 2.30. The quantitative estimate of drug-likeness (QED) is 0.379. The lowest BCUT2D eigenvalue weighted by Crippen LogP contribution is -2.41. The van der Waals surface area contributed by atoms with Gasteiger partial charge in [0.25, 0.3) is 5.91 Å². The number of unbranched alkanes of at least 4 members (excludes halogenated alkanes) is 1. The predicted octanol–water partition coefficient (Wildman–Crippen LogP) is 5.62. The molecule has 1 aliphatic rings. The van der Waals surface area contributed by atoms with Gasteiger partial charge >= 0.3 is 0 Å². The molecule has 0 unspecified atom stereocenters. The molecule has 2 aromatic rings. The molecule has 0 aliphatic heterocycles. The largest absolute Gasteiger partial charge is 0.493 e. The molecule has 4 nitrogen and oxygen atoms in total. The lowest BCUT2D eigenvalue weighted by atomic mass is 9.86. The number of hydrogen-bond acceptors (Lipinski definition) is 3. The summed E-state index contributed by atoms with van der Waals surface area (Å²) in [6.07, 6.45) is 8.24. The normalized spacial score (nSPS) is 19.6. The molecule has 0 aromatic heterocycles. The van der Waals surface area contributed by atoms with Gasteiger partial charge in [-0.1, -0.05) is 63.4 Å². The van der Waals surface area contributed by atoms with Crippen molar-refractivity contribution in [3.8, 4) is 11.8 Å². The van der Waals surface area contributed by atoms with Crippen molar-refractivity contribution in [1.82, 2.24) is 5.32 Å². The van der Waals surface area contributed by atoms with E-state index in [1.54, 1.807) is 6.08 Å². The maximum absolute atomic E-state index is 12.7. The fraction of sp³-hybridized carbons (Fsp3) is 0.440. The monoisotopic (exact) mass is 390 g/mol. The first-order valence-electron chi connectivity index (χ1n) is 10.7. The number of carbonyl (C=O) groups excluding carboxylic acids is 1. The molecule has 152 valence electrons. The van der Waals surface area contributed by atoms with Crippen molar-refractivity contribution >= 4 is 22.8 Å². The van der Waals surface area contributed by atoms with Gasteiger partial charge in [0, 0.05) is 11.4 Å². The van der Waals surface area contributed by atoms with Crippen LogP contribution in [0, 0.1) is 17.2 Å². The summed E-state index contributed by atoms with van der Waals surface area (Å²) in [5.41, 5.74) is 0.999. The number of fused-ring (bicyclic) bond motifs is 1. The van der Waals surface area contributed by atoms with Crippen LogP contribution in [-0.2, 0) is 4.79 Å². The number of nitrogens with zero attached hydrogens (tertiary/aromatic N) is 1. The molecule has 1 amide bonds. The number of nitriles is 1. The molecule has 0 bridgehead atoms. The zero-order valence-corrected chi connectivity index (χ0v) is 17.4. The minimum Gasteiger partial charge on any atom is -0.493 e. The van der Waals surface area contributed by atoms with E-state index in [2.05, 4.69) is 25.2 Å². The van der Waals surface area contributed by atoms with Crippen molar-refractivity contribution in [2.24, 2.45) is 5.92 Å². The summed E-state index contributed by atoms with van der Waals surface area (Å²) < 4.78 is 5.94. The Balaban J connectivity index is 1.86. The van der Waals surface area contributed by atoms with Gasteiger partial charge in [-0.05, 0) is 48.3 Å². The molecule has 0 saturated heterocycles. The third-order valence-electron chi connectivity index (χ3n) is 5.77. The highest BCUT2D eigenvalue weighted by Gasteiger charge is 2.24. The lowest BCUT2D eigenvalue weighted by Gasteiger charge is -2.29. The first-order chi connectivity index (χ1) is 14.1. The minimum absolute atomic E-state index is 0.146. The summed E-state index contributed by atoms with van der Waals surface area (Å²) in [4.78, 5) is 12.7. The van der Waals surface area contributed by atoms with Gasteiger partial charge in [-0.3, -0.25) is 4.79 Å². The van der Waals surface area contributed by atoms with E-state index < -0.39 is 0 Å². The molecule has 2 aromatic carbocycles. The Hall–Kier alpha value is -2.80. The van der Waals surface area contributed by atoms with E-state index in [0.29, 0.717) is 12.5 Å². The molecular formula is C25H30N2O2. The van der Waals surface area contributed by atoms with Gasteiger partial charge in [0.2, 0.25) is 0 Å². The third-order valence-corrected chi connectivity index (χ3v) is 5.77. The van der Waals surface area contributed by atoms with E-state index in [1.807, 2.05) is 36.4 Å². The van der Waals surface area contributed by atoms with Crippen LogP contribution in [0.3, 0.4) is 0 Å². The summed E-state index contributed by atoms with van der Waals surface area (Å²) in [5, 5.41) is 14.7. The molecule has 3 rings (SSSR count). The van der Waals surface area contributed by atoms with Crippen molar-refractivity contribution in [3.05, 3.63) is 47.5 Å². The average molecular weight is 391 g/mol.